The predicted molar refractivity (Wildman–Crippen MR) is 184 cm³/mol. The molecule has 48 heavy (non-hydrogen) atoms. The summed E-state index contributed by atoms with van der Waals surface area (Å²) in [5.41, 5.74) is 2.61. The van der Waals surface area contributed by atoms with E-state index in [0.29, 0.717) is 12.2 Å². The van der Waals surface area contributed by atoms with Crippen LogP contribution in [0.5, 0.6) is 11.5 Å². The number of aryl methyl sites for hydroxylation is 1. The third-order valence-corrected chi connectivity index (χ3v) is 9.98. The van der Waals surface area contributed by atoms with E-state index in [9.17, 15) is 22.4 Å². The van der Waals surface area contributed by atoms with Gasteiger partial charge >= 0.3 is 0 Å². The number of rotatable bonds is 15. The normalized spacial score (nSPS) is 12.5. The van der Waals surface area contributed by atoms with Crippen molar-refractivity contribution in [1.29, 1.82) is 0 Å². The zero-order valence-corrected chi connectivity index (χ0v) is 28.7. The molecule has 0 radical (unpaired) electrons. The van der Waals surface area contributed by atoms with Crippen molar-refractivity contribution < 1.29 is 31.9 Å². The fourth-order valence-corrected chi connectivity index (χ4v) is 6.64. The number of ether oxygens (including phenoxy) is 2. The van der Waals surface area contributed by atoms with Crippen molar-refractivity contribution in [3.05, 3.63) is 120 Å². The van der Waals surface area contributed by atoms with Crippen LogP contribution in [0.3, 0.4) is 0 Å². The Hall–Kier alpha value is -4.90. The number of hydrogen-bond donors (Lipinski definition) is 1. The first kappa shape index (κ1) is 35.9. The second-order valence-corrected chi connectivity index (χ2v) is 13.3. The van der Waals surface area contributed by atoms with Crippen molar-refractivity contribution >= 4 is 27.5 Å². The summed E-state index contributed by atoms with van der Waals surface area (Å²) >= 11 is 0. The summed E-state index contributed by atoms with van der Waals surface area (Å²) in [5.74, 6) is -1.05. The topological polar surface area (TPSA) is 105 Å². The van der Waals surface area contributed by atoms with E-state index >= 15 is 0 Å². The first-order chi connectivity index (χ1) is 23.0. The molecule has 2 atom stereocenters. The van der Waals surface area contributed by atoms with Crippen molar-refractivity contribution in [2.45, 2.75) is 57.1 Å². The van der Waals surface area contributed by atoms with E-state index in [2.05, 4.69) is 5.32 Å². The molecule has 0 saturated heterocycles. The van der Waals surface area contributed by atoms with E-state index < -0.39 is 34.3 Å². The van der Waals surface area contributed by atoms with Gasteiger partial charge in [0, 0.05) is 25.1 Å². The van der Waals surface area contributed by atoms with E-state index in [-0.39, 0.29) is 41.2 Å². The zero-order valence-electron chi connectivity index (χ0n) is 27.9. The molecule has 0 heterocycles. The smallest absolute Gasteiger partial charge is 0.264 e. The van der Waals surface area contributed by atoms with Crippen molar-refractivity contribution in [2.24, 2.45) is 0 Å². The zero-order chi connectivity index (χ0) is 34.8. The van der Waals surface area contributed by atoms with Gasteiger partial charge in [0.15, 0.2) is 11.5 Å². The van der Waals surface area contributed by atoms with Crippen molar-refractivity contribution in [3.8, 4) is 11.5 Å². The molecule has 11 heteroatoms. The lowest BCUT2D eigenvalue weighted by Gasteiger charge is -2.34. The molecule has 254 valence electrons. The van der Waals surface area contributed by atoms with Gasteiger partial charge in [0.1, 0.15) is 18.4 Å². The Morgan fingerprint density at radius 1 is 0.875 bits per heavy atom. The van der Waals surface area contributed by atoms with Crippen LogP contribution in [-0.2, 0) is 32.6 Å². The fourth-order valence-electron chi connectivity index (χ4n) is 5.21. The summed E-state index contributed by atoms with van der Waals surface area (Å²) in [4.78, 5) is 29.9. The summed E-state index contributed by atoms with van der Waals surface area (Å²) < 4.78 is 54.2. The molecule has 9 nitrogen and oxygen atoms in total. The highest BCUT2D eigenvalue weighted by Crippen LogP contribution is 2.32. The molecule has 0 aliphatic heterocycles. The minimum atomic E-state index is -4.43. The number of carbonyl (C=O) groups is 2. The Kier molecular flexibility index (Phi) is 12.2. The number of halogens is 1. The monoisotopic (exact) mass is 675 g/mol. The minimum absolute atomic E-state index is 0.0462. The third-order valence-electron chi connectivity index (χ3n) is 8.21. The van der Waals surface area contributed by atoms with Crippen LogP contribution < -0.4 is 19.1 Å². The second-order valence-electron chi connectivity index (χ2n) is 11.5. The highest BCUT2D eigenvalue weighted by atomic mass is 32.2. The lowest BCUT2D eigenvalue weighted by Crippen LogP contribution is -2.54. The van der Waals surface area contributed by atoms with Gasteiger partial charge in [-0.2, -0.15) is 0 Å². The van der Waals surface area contributed by atoms with Gasteiger partial charge in [0.2, 0.25) is 11.8 Å². The molecule has 0 unspecified atom stereocenters. The highest BCUT2D eigenvalue weighted by molar-refractivity contribution is 7.92. The van der Waals surface area contributed by atoms with E-state index in [1.54, 1.807) is 0 Å². The van der Waals surface area contributed by atoms with Gasteiger partial charge in [-0.1, -0.05) is 61.5 Å². The molecule has 0 aromatic heterocycles. The molecular formula is C37H42FN3O6S. The molecule has 0 saturated carbocycles. The van der Waals surface area contributed by atoms with Crippen LogP contribution in [-0.4, -0.2) is 58.0 Å². The number of methoxy groups -OCH3 is 2. The van der Waals surface area contributed by atoms with Gasteiger partial charge in [-0.25, -0.2) is 12.8 Å². The number of nitrogens with zero attached hydrogens (tertiary/aromatic N) is 2. The van der Waals surface area contributed by atoms with Gasteiger partial charge < -0.3 is 19.7 Å². The number of carbonyl (C=O) groups excluding carboxylic acids is 2. The van der Waals surface area contributed by atoms with Gasteiger partial charge in [0.05, 0.1) is 24.8 Å². The number of benzene rings is 4. The highest BCUT2D eigenvalue weighted by Gasteiger charge is 2.35. The lowest BCUT2D eigenvalue weighted by molar-refractivity contribution is -0.140. The molecule has 4 rings (SSSR count). The summed E-state index contributed by atoms with van der Waals surface area (Å²) in [6, 6.07) is 24.7. The first-order valence-electron chi connectivity index (χ1n) is 15.7. The van der Waals surface area contributed by atoms with Crippen LogP contribution >= 0.6 is 0 Å². The van der Waals surface area contributed by atoms with Crippen LogP contribution in [0.1, 0.15) is 37.0 Å². The summed E-state index contributed by atoms with van der Waals surface area (Å²) in [6.07, 6.45) is 0.872. The first-order valence-corrected chi connectivity index (χ1v) is 17.1. The van der Waals surface area contributed by atoms with E-state index in [1.807, 2.05) is 75.4 Å². The third kappa shape index (κ3) is 8.71. The van der Waals surface area contributed by atoms with Crippen LogP contribution in [0.15, 0.2) is 102 Å². The molecule has 4 aromatic rings. The number of amides is 2. The molecule has 0 bridgehead atoms. The second kappa shape index (κ2) is 16.3. The molecule has 0 fully saturated rings. The van der Waals surface area contributed by atoms with Crippen LogP contribution in [0, 0.1) is 12.7 Å². The van der Waals surface area contributed by atoms with Gasteiger partial charge in [-0.05, 0) is 73.4 Å². The average molecular weight is 676 g/mol. The van der Waals surface area contributed by atoms with Crippen molar-refractivity contribution in [2.75, 3.05) is 25.1 Å². The Balaban J connectivity index is 1.84. The molecule has 0 spiro atoms. The number of hydrogen-bond acceptors (Lipinski definition) is 6. The van der Waals surface area contributed by atoms with Gasteiger partial charge in [-0.3, -0.25) is 13.9 Å². The maximum atomic E-state index is 14.6. The number of sulfonamides is 1. The lowest BCUT2D eigenvalue weighted by atomic mass is 10.0. The van der Waals surface area contributed by atoms with Gasteiger partial charge in [0.25, 0.3) is 10.0 Å². The summed E-state index contributed by atoms with van der Waals surface area (Å²) in [6.45, 7) is 5.13. The summed E-state index contributed by atoms with van der Waals surface area (Å²) in [7, 11) is -1.62. The van der Waals surface area contributed by atoms with E-state index in [1.165, 1.54) is 49.5 Å². The Morgan fingerprint density at radius 3 is 2.15 bits per heavy atom. The fraction of sp³-hybridized carbons (Fsp3) is 0.297. The molecular weight excluding hydrogens is 633 g/mol. The summed E-state index contributed by atoms with van der Waals surface area (Å²) in [5, 5.41) is 3.02. The Morgan fingerprint density at radius 2 is 1.52 bits per heavy atom. The van der Waals surface area contributed by atoms with Crippen molar-refractivity contribution in [3.63, 3.8) is 0 Å². The van der Waals surface area contributed by atoms with Gasteiger partial charge in [-0.15, -0.1) is 0 Å². The maximum Gasteiger partial charge on any atom is 0.264 e. The quantitative estimate of drug-likeness (QED) is 0.168. The molecule has 2 amide bonds. The Bertz CT molecular complexity index is 1800. The minimum Gasteiger partial charge on any atom is -0.493 e. The van der Waals surface area contributed by atoms with E-state index in [0.717, 1.165) is 33.1 Å². The SMILES string of the molecule is CC[C@@H](C)NC(=O)[C@H](Cc1ccccc1)N(Cc1ccccc1C)C(=O)CN(c1ccc(F)cc1)S(=O)(=O)c1ccc(OC)c(OC)c1. The maximum absolute atomic E-state index is 14.6. The largest absolute Gasteiger partial charge is 0.493 e. The van der Waals surface area contributed by atoms with Crippen molar-refractivity contribution in [1.82, 2.24) is 10.2 Å². The van der Waals surface area contributed by atoms with Crippen LogP contribution in [0.2, 0.25) is 0 Å². The number of nitrogens with one attached hydrogen (secondary N) is 1. The standard InChI is InChI=1S/C37H42FN3O6S/c1-6-27(3)39-37(43)33(22-28-13-8-7-9-14-28)40(24-29-15-11-10-12-26(29)2)36(42)25-41(31-18-16-30(38)17-19-31)48(44,45)32-20-21-34(46-4)35(23-32)47-5/h7-21,23,27,33H,6,22,24-25H2,1-5H3,(H,39,43)/t27-,33+/m1/s1. The van der Waals surface area contributed by atoms with E-state index in [4.69, 9.17) is 9.47 Å². The average Bonchev–Trinajstić information content (AvgIpc) is 3.09. The predicted octanol–water partition coefficient (Wildman–Crippen LogP) is 5.90. The molecule has 0 aliphatic carbocycles. The Labute approximate surface area is 282 Å². The molecule has 4 aromatic carbocycles. The van der Waals surface area contributed by atoms with Crippen LogP contribution in [0.25, 0.3) is 0 Å². The molecule has 0 aliphatic rings. The molecule has 1 N–H and O–H groups in total. The number of anilines is 1. The van der Waals surface area contributed by atoms with Crippen LogP contribution in [0.4, 0.5) is 10.1 Å².